The Labute approximate surface area is 99.8 Å². The summed E-state index contributed by atoms with van der Waals surface area (Å²) < 4.78 is 0. The van der Waals surface area contributed by atoms with E-state index in [1.807, 2.05) is 25.1 Å². The molecule has 0 aliphatic carbocycles. The summed E-state index contributed by atoms with van der Waals surface area (Å²) in [5.74, 6) is -0.926. The summed E-state index contributed by atoms with van der Waals surface area (Å²) >= 11 is 0. The van der Waals surface area contributed by atoms with Crippen molar-refractivity contribution in [3.8, 4) is 0 Å². The molecule has 0 bridgehead atoms. The minimum Gasteiger partial charge on any atom is -0.387 e. The minimum absolute atomic E-state index is 0.0691. The molecular formula is C12H16N2O3. The fourth-order valence-electron chi connectivity index (χ4n) is 1.50. The van der Waals surface area contributed by atoms with Crippen LogP contribution in [0.2, 0.25) is 0 Å². The monoisotopic (exact) mass is 236 g/mol. The van der Waals surface area contributed by atoms with Gasteiger partial charge in [0.25, 0.3) is 5.91 Å². The third kappa shape index (κ3) is 3.88. The number of anilines is 1. The number of carbonyl (C=O) groups excluding carboxylic acids is 2. The van der Waals surface area contributed by atoms with Gasteiger partial charge in [-0.25, -0.2) is 0 Å². The lowest BCUT2D eigenvalue weighted by atomic mass is 10.2. The number of carbonyl (C=O) groups is 2. The highest BCUT2D eigenvalue weighted by Gasteiger charge is 2.15. The van der Waals surface area contributed by atoms with Crippen LogP contribution in [-0.4, -0.2) is 30.1 Å². The van der Waals surface area contributed by atoms with Crippen molar-refractivity contribution in [3.05, 3.63) is 29.8 Å². The van der Waals surface area contributed by atoms with Crippen LogP contribution in [0.3, 0.4) is 0 Å². The number of hydrogen-bond donors (Lipinski definition) is 2. The van der Waals surface area contributed by atoms with E-state index in [9.17, 15) is 9.59 Å². The van der Waals surface area contributed by atoms with Gasteiger partial charge in [0.05, 0.1) is 0 Å². The normalized spacial score (nSPS) is 10.0. The van der Waals surface area contributed by atoms with Gasteiger partial charge in [-0.3, -0.25) is 9.59 Å². The molecule has 0 spiro atoms. The van der Waals surface area contributed by atoms with Gasteiger partial charge in [-0.05, 0) is 24.6 Å². The SMILES string of the molecule is Cc1cccc(N(CCC(N)=O)C(=O)CO)c1. The summed E-state index contributed by atoms with van der Waals surface area (Å²) in [6, 6.07) is 7.28. The number of rotatable bonds is 5. The van der Waals surface area contributed by atoms with Gasteiger partial charge in [-0.2, -0.15) is 0 Å². The average Bonchev–Trinajstić information content (AvgIpc) is 2.28. The van der Waals surface area contributed by atoms with E-state index in [4.69, 9.17) is 10.8 Å². The van der Waals surface area contributed by atoms with E-state index in [0.29, 0.717) is 5.69 Å². The largest absolute Gasteiger partial charge is 0.387 e. The van der Waals surface area contributed by atoms with Crippen molar-refractivity contribution >= 4 is 17.5 Å². The fraction of sp³-hybridized carbons (Fsp3) is 0.333. The van der Waals surface area contributed by atoms with Crippen LogP contribution >= 0.6 is 0 Å². The number of primary amides is 1. The number of amides is 2. The zero-order valence-electron chi connectivity index (χ0n) is 9.72. The molecule has 0 unspecified atom stereocenters. The molecule has 0 heterocycles. The van der Waals surface area contributed by atoms with Gasteiger partial charge < -0.3 is 15.7 Å². The Morgan fingerprint density at radius 2 is 2.12 bits per heavy atom. The van der Waals surface area contributed by atoms with Crippen LogP contribution < -0.4 is 10.6 Å². The summed E-state index contributed by atoms with van der Waals surface area (Å²) in [5, 5.41) is 8.89. The first-order chi connectivity index (χ1) is 8.04. The molecule has 5 heteroatoms. The van der Waals surface area contributed by atoms with Crippen molar-refractivity contribution in [2.75, 3.05) is 18.1 Å². The predicted octanol–water partition coefficient (Wildman–Crippen LogP) is 0.196. The second-order valence-corrected chi connectivity index (χ2v) is 3.76. The van der Waals surface area contributed by atoms with E-state index >= 15 is 0 Å². The molecule has 1 aromatic carbocycles. The number of aryl methyl sites for hydroxylation is 1. The molecule has 0 radical (unpaired) electrons. The van der Waals surface area contributed by atoms with Crippen LogP contribution in [0.1, 0.15) is 12.0 Å². The first-order valence-corrected chi connectivity index (χ1v) is 5.31. The van der Waals surface area contributed by atoms with Crippen LogP contribution in [0.15, 0.2) is 24.3 Å². The van der Waals surface area contributed by atoms with Crippen LogP contribution in [-0.2, 0) is 9.59 Å². The topological polar surface area (TPSA) is 83.6 Å². The summed E-state index contributed by atoms with van der Waals surface area (Å²) in [6.45, 7) is 1.49. The highest BCUT2D eigenvalue weighted by Crippen LogP contribution is 2.16. The minimum atomic E-state index is -0.591. The molecule has 3 N–H and O–H groups in total. The maximum absolute atomic E-state index is 11.6. The Morgan fingerprint density at radius 3 is 2.65 bits per heavy atom. The van der Waals surface area contributed by atoms with Crippen molar-refractivity contribution in [2.24, 2.45) is 5.73 Å². The van der Waals surface area contributed by atoms with Gasteiger partial charge in [0.1, 0.15) is 6.61 Å². The quantitative estimate of drug-likeness (QED) is 0.765. The highest BCUT2D eigenvalue weighted by molar-refractivity contribution is 5.94. The molecule has 0 saturated heterocycles. The standard InChI is InChI=1S/C12H16N2O3/c1-9-3-2-4-10(7-9)14(12(17)8-15)6-5-11(13)16/h2-4,7,15H,5-6,8H2,1H3,(H2,13,16). The number of benzene rings is 1. The first kappa shape index (κ1) is 13.2. The summed E-state index contributed by atoms with van der Waals surface area (Å²) in [4.78, 5) is 23.7. The average molecular weight is 236 g/mol. The number of aliphatic hydroxyl groups excluding tert-OH is 1. The molecular weight excluding hydrogens is 220 g/mol. The van der Waals surface area contributed by atoms with Gasteiger partial charge in [-0.15, -0.1) is 0 Å². The molecule has 5 nitrogen and oxygen atoms in total. The summed E-state index contributed by atoms with van der Waals surface area (Å²) in [5.41, 5.74) is 6.71. The van der Waals surface area contributed by atoms with E-state index in [2.05, 4.69) is 0 Å². The molecule has 92 valence electrons. The zero-order valence-corrected chi connectivity index (χ0v) is 9.72. The van der Waals surface area contributed by atoms with Gasteiger partial charge >= 0.3 is 0 Å². The van der Waals surface area contributed by atoms with Crippen LogP contribution in [0.25, 0.3) is 0 Å². The molecule has 2 amide bonds. The van der Waals surface area contributed by atoms with E-state index in [0.717, 1.165) is 5.56 Å². The molecule has 0 aliphatic heterocycles. The molecule has 0 aromatic heterocycles. The lowest BCUT2D eigenvalue weighted by Gasteiger charge is -2.21. The fourth-order valence-corrected chi connectivity index (χ4v) is 1.50. The van der Waals surface area contributed by atoms with E-state index < -0.39 is 18.4 Å². The zero-order chi connectivity index (χ0) is 12.8. The van der Waals surface area contributed by atoms with Gasteiger partial charge in [0.2, 0.25) is 5.91 Å². The van der Waals surface area contributed by atoms with Gasteiger partial charge in [0.15, 0.2) is 0 Å². The van der Waals surface area contributed by atoms with E-state index in [-0.39, 0.29) is 13.0 Å². The second-order valence-electron chi connectivity index (χ2n) is 3.76. The van der Waals surface area contributed by atoms with Crippen molar-refractivity contribution < 1.29 is 14.7 Å². The van der Waals surface area contributed by atoms with Gasteiger partial charge in [0, 0.05) is 18.7 Å². The van der Waals surface area contributed by atoms with Crippen LogP contribution in [0.4, 0.5) is 5.69 Å². The second kappa shape index (κ2) is 6.00. The Balaban J connectivity index is 2.89. The molecule has 0 fully saturated rings. The number of nitrogens with two attached hydrogens (primary N) is 1. The number of aliphatic hydroxyl groups is 1. The maximum atomic E-state index is 11.6. The third-order valence-electron chi connectivity index (χ3n) is 2.33. The Morgan fingerprint density at radius 1 is 1.41 bits per heavy atom. The number of hydrogen-bond acceptors (Lipinski definition) is 3. The third-order valence-corrected chi connectivity index (χ3v) is 2.33. The van der Waals surface area contributed by atoms with Crippen molar-refractivity contribution in [1.29, 1.82) is 0 Å². The number of nitrogens with zero attached hydrogens (tertiary/aromatic N) is 1. The van der Waals surface area contributed by atoms with Crippen LogP contribution in [0, 0.1) is 6.92 Å². The molecule has 1 aromatic rings. The smallest absolute Gasteiger partial charge is 0.252 e. The molecule has 1 rings (SSSR count). The molecule has 0 aliphatic rings. The summed E-state index contributed by atoms with van der Waals surface area (Å²) in [6.07, 6.45) is 0.0691. The van der Waals surface area contributed by atoms with Crippen molar-refractivity contribution in [1.82, 2.24) is 0 Å². The Bertz CT molecular complexity index is 418. The Hall–Kier alpha value is -1.88. The van der Waals surface area contributed by atoms with Crippen molar-refractivity contribution in [2.45, 2.75) is 13.3 Å². The highest BCUT2D eigenvalue weighted by atomic mass is 16.3. The maximum Gasteiger partial charge on any atom is 0.252 e. The van der Waals surface area contributed by atoms with Crippen LogP contribution in [0.5, 0.6) is 0 Å². The predicted molar refractivity (Wildman–Crippen MR) is 64.4 cm³/mol. The lowest BCUT2D eigenvalue weighted by Crippen LogP contribution is -2.36. The Kier molecular flexibility index (Phi) is 4.66. The summed E-state index contributed by atoms with van der Waals surface area (Å²) in [7, 11) is 0. The van der Waals surface area contributed by atoms with Gasteiger partial charge in [-0.1, -0.05) is 12.1 Å². The van der Waals surface area contributed by atoms with E-state index in [1.165, 1.54) is 4.90 Å². The molecule has 17 heavy (non-hydrogen) atoms. The lowest BCUT2D eigenvalue weighted by molar-refractivity contribution is -0.121. The van der Waals surface area contributed by atoms with E-state index in [1.54, 1.807) is 6.07 Å². The molecule has 0 saturated carbocycles. The first-order valence-electron chi connectivity index (χ1n) is 5.31. The molecule has 0 atom stereocenters. The van der Waals surface area contributed by atoms with Crippen molar-refractivity contribution in [3.63, 3.8) is 0 Å².